The molecule has 0 unspecified atom stereocenters. The first kappa shape index (κ1) is 64.3. The molecule has 0 rings (SSSR count). The largest absolute Gasteiger partial charge is 0.462 e. The lowest BCUT2D eigenvalue weighted by Gasteiger charge is -2.18. The molecule has 0 aromatic heterocycles. The van der Waals surface area contributed by atoms with E-state index in [1.807, 2.05) is 12.2 Å². The average Bonchev–Trinajstić information content (AvgIpc) is 3.35. The van der Waals surface area contributed by atoms with Crippen LogP contribution in [0.4, 0.5) is 0 Å². The lowest BCUT2D eigenvalue weighted by molar-refractivity contribution is -0.166. The van der Waals surface area contributed by atoms with E-state index >= 15 is 0 Å². The van der Waals surface area contributed by atoms with Gasteiger partial charge in [-0.1, -0.05) is 205 Å². The molecular formula is C63H98O6. The number of allylic oxidation sites excluding steroid dienone is 24. The van der Waals surface area contributed by atoms with Gasteiger partial charge in [0.15, 0.2) is 6.10 Å². The maximum absolute atomic E-state index is 12.8. The molecule has 0 bridgehead atoms. The lowest BCUT2D eigenvalue weighted by Crippen LogP contribution is -2.30. The topological polar surface area (TPSA) is 78.9 Å². The van der Waals surface area contributed by atoms with Crippen LogP contribution in [0.3, 0.4) is 0 Å². The van der Waals surface area contributed by atoms with Crippen molar-refractivity contribution in [1.29, 1.82) is 0 Å². The molecule has 0 N–H and O–H groups in total. The van der Waals surface area contributed by atoms with Crippen molar-refractivity contribution in [2.45, 2.75) is 219 Å². The number of esters is 3. The van der Waals surface area contributed by atoms with Gasteiger partial charge in [0.05, 0.1) is 0 Å². The third kappa shape index (κ3) is 54.1. The summed E-state index contributed by atoms with van der Waals surface area (Å²) in [5.74, 6) is -1.09. The first-order valence-corrected chi connectivity index (χ1v) is 27.3. The molecule has 0 aliphatic carbocycles. The summed E-state index contributed by atoms with van der Waals surface area (Å²) in [6, 6.07) is 0. The van der Waals surface area contributed by atoms with E-state index in [1.54, 1.807) is 0 Å². The Labute approximate surface area is 423 Å². The van der Waals surface area contributed by atoms with Crippen LogP contribution < -0.4 is 0 Å². The van der Waals surface area contributed by atoms with E-state index in [1.165, 1.54) is 51.4 Å². The van der Waals surface area contributed by atoms with Crippen LogP contribution in [0, 0.1) is 0 Å². The quantitative estimate of drug-likeness (QED) is 0.0262. The highest BCUT2D eigenvalue weighted by Crippen LogP contribution is 2.11. The molecule has 0 radical (unpaired) electrons. The van der Waals surface area contributed by atoms with E-state index in [0.717, 1.165) is 109 Å². The molecule has 6 nitrogen and oxygen atoms in total. The molecule has 0 aromatic carbocycles. The van der Waals surface area contributed by atoms with Crippen molar-refractivity contribution in [2.75, 3.05) is 13.2 Å². The summed E-state index contributed by atoms with van der Waals surface area (Å²) in [5.41, 5.74) is 0. The van der Waals surface area contributed by atoms with Gasteiger partial charge >= 0.3 is 17.9 Å². The molecule has 386 valence electrons. The van der Waals surface area contributed by atoms with Crippen molar-refractivity contribution in [3.63, 3.8) is 0 Å². The molecule has 0 heterocycles. The van der Waals surface area contributed by atoms with Crippen LogP contribution in [0.1, 0.15) is 213 Å². The predicted molar refractivity (Wildman–Crippen MR) is 297 cm³/mol. The van der Waals surface area contributed by atoms with Gasteiger partial charge in [0.25, 0.3) is 0 Å². The summed E-state index contributed by atoms with van der Waals surface area (Å²) in [6.45, 7) is 6.33. The van der Waals surface area contributed by atoms with Crippen molar-refractivity contribution in [3.05, 3.63) is 146 Å². The Balaban J connectivity index is 4.63. The Morgan fingerprint density at radius 3 is 0.986 bits per heavy atom. The number of hydrogen-bond donors (Lipinski definition) is 0. The third-order valence-electron chi connectivity index (χ3n) is 10.8. The number of carbonyl (C=O) groups is 3. The van der Waals surface area contributed by atoms with E-state index in [4.69, 9.17) is 14.2 Å². The number of hydrogen-bond acceptors (Lipinski definition) is 6. The second kappa shape index (κ2) is 55.9. The molecule has 0 aliphatic heterocycles. The summed E-state index contributed by atoms with van der Waals surface area (Å²) < 4.78 is 16.7. The number of ether oxygens (including phenoxy) is 3. The lowest BCUT2D eigenvalue weighted by atomic mass is 10.1. The summed E-state index contributed by atoms with van der Waals surface area (Å²) in [7, 11) is 0. The zero-order valence-corrected chi connectivity index (χ0v) is 44.0. The van der Waals surface area contributed by atoms with Crippen molar-refractivity contribution < 1.29 is 28.6 Å². The van der Waals surface area contributed by atoms with Crippen molar-refractivity contribution in [3.8, 4) is 0 Å². The zero-order chi connectivity index (χ0) is 50.0. The van der Waals surface area contributed by atoms with E-state index in [2.05, 4.69) is 154 Å². The third-order valence-corrected chi connectivity index (χ3v) is 10.8. The van der Waals surface area contributed by atoms with Gasteiger partial charge in [0, 0.05) is 19.3 Å². The molecule has 69 heavy (non-hydrogen) atoms. The first-order valence-electron chi connectivity index (χ1n) is 27.3. The van der Waals surface area contributed by atoms with Gasteiger partial charge in [0.1, 0.15) is 13.2 Å². The monoisotopic (exact) mass is 951 g/mol. The van der Waals surface area contributed by atoms with Crippen LogP contribution in [0.2, 0.25) is 0 Å². The molecule has 0 fully saturated rings. The van der Waals surface area contributed by atoms with Gasteiger partial charge in [-0.15, -0.1) is 0 Å². The van der Waals surface area contributed by atoms with Crippen molar-refractivity contribution in [1.82, 2.24) is 0 Å². The highest BCUT2D eigenvalue weighted by Gasteiger charge is 2.19. The minimum atomic E-state index is -0.845. The molecule has 1 atom stereocenters. The molecule has 0 saturated heterocycles. The maximum Gasteiger partial charge on any atom is 0.306 e. The Hall–Kier alpha value is -4.71. The van der Waals surface area contributed by atoms with Gasteiger partial charge in [-0.2, -0.15) is 0 Å². The summed E-state index contributed by atoms with van der Waals surface area (Å²) in [6.07, 6.45) is 79.8. The normalized spacial score (nSPS) is 13.3. The molecule has 6 heteroatoms. The Morgan fingerprint density at radius 2 is 0.594 bits per heavy atom. The number of carbonyl (C=O) groups excluding carboxylic acids is 3. The van der Waals surface area contributed by atoms with Gasteiger partial charge in [-0.05, 0) is 135 Å². The Kier molecular flexibility index (Phi) is 52.1. The van der Waals surface area contributed by atoms with Crippen LogP contribution in [-0.4, -0.2) is 37.2 Å². The van der Waals surface area contributed by atoms with Crippen LogP contribution in [-0.2, 0) is 28.6 Å². The molecular weight excluding hydrogens is 853 g/mol. The predicted octanol–water partition coefficient (Wildman–Crippen LogP) is 18.4. The van der Waals surface area contributed by atoms with E-state index in [0.29, 0.717) is 19.3 Å². The van der Waals surface area contributed by atoms with Gasteiger partial charge in [0.2, 0.25) is 0 Å². The Morgan fingerprint density at radius 1 is 0.304 bits per heavy atom. The van der Waals surface area contributed by atoms with E-state index in [-0.39, 0.29) is 44.0 Å². The second-order valence-electron chi connectivity index (χ2n) is 17.4. The molecule has 0 amide bonds. The molecule has 0 spiro atoms. The summed E-state index contributed by atoms with van der Waals surface area (Å²) >= 11 is 0. The van der Waals surface area contributed by atoms with Crippen LogP contribution in [0.25, 0.3) is 0 Å². The fraction of sp³-hybridized carbons (Fsp3) is 0.571. The molecule has 0 aliphatic rings. The number of rotatable bonds is 47. The highest BCUT2D eigenvalue weighted by molar-refractivity contribution is 5.71. The van der Waals surface area contributed by atoms with Crippen LogP contribution in [0.15, 0.2) is 146 Å². The van der Waals surface area contributed by atoms with Crippen molar-refractivity contribution >= 4 is 17.9 Å². The second-order valence-corrected chi connectivity index (χ2v) is 17.4. The average molecular weight is 951 g/mol. The first-order chi connectivity index (χ1) is 34.0. The molecule has 0 aromatic rings. The minimum absolute atomic E-state index is 0.135. The maximum atomic E-state index is 12.8. The Bertz CT molecular complexity index is 1560. The SMILES string of the molecule is CC/C=C\C/C=C\C/C=C\C/C=C\CCCCCCC(=O)OC[C@H](COC(=O)CC/C=C\C/C=C\C/C=C\C/C=C\C/C=C\CCCCC)OC(=O)CCCC/C=C\C/C=C\C/C=C\CCCCC. The fourth-order valence-corrected chi connectivity index (χ4v) is 6.71. The fourth-order valence-electron chi connectivity index (χ4n) is 6.71. The standard InChI is InChI=1S/C63H98O6/c1-4-7-10-13-16-19-22-25-28-30-31-33-36-38-41-44-47-50-53-56-62(65)68-59-60(69-63(66)57-54-51-48-45-42-39-34-27-24-21-18-15-12-9-6-3)58-67-61(64)55-52-49-46-43-40-37-35-32-29-26-23-20-17-14-11-8-5-2/h8,11,16-21,25-29,31,33-35,37-38,41-42,45,47,50,60H,4-7,9-10,12-15,22-24,30,32,36,39-40,43-44,46,48-49,51-59H2,1-3H3/b11-8-,19-16-,20-17-,21-18-,28-25-,29-26-,33-31-,34-27-,37-35-,41-38-,45-42-,50-47-/t60-/m1/s1. The van der Waals surface area contributed by atoms with Gasteiger partial charge < -0.3 is 14.2 Å². The van der Waals surface area contributed by atoms with E-state index < -0.39 is 6.10 Å². The van der Waals surface area contributed by atoms with Gasteiger partial charge in [-0.3, -0.25) is 14.4 Å². The number of unbranched alkanes of at least 4 members (excludes halogenated alkanes) is 12. The molecule has 0 saturated carbocycles. The van der Waals surface area contributed by atoms with Gasteiger partial charge in [-0.25, -0.2) is 0 Å². The van der Waals surface area contributed by atoms with Crippen LogP contribution >= 0.6 is 0 Å². The zero-order valence-electron chi connectivity index (χ0n) is 44.0. The van der Waals surface area contributed by atoms with Crippen molar-refractivity contribution in [2.24, 2.45) is 0 Å². The van der Waals surface area contributed by atoms with E-state index in [9.17, 15) is 14.4 Å². The van der Waals surface area contributed by atoms with Crippen LogP contribution in [0.5, 0.6) is 0 Å². The summed E-state index contributed by atoms with van der Waals surface area (Å²) in [4.78, 5) is 38.0. The minimum Gasteiger partial charge on any atom is -0.462 e. The highest BCUT2D eigenvalue weighted by atomic mass is 16.6. The smallest absolute Gasteiger partial charge is 0.306 e. The summed E-state index contributed by atoms with van der Waals surface area (Å²) in [5, 5.41) is 0.